The number of ether oxygens (including phenoxy) is 3. The van der Waals surface area contributed by atoms with E-state index in [1.807, 2.05) is 0 Å². The molecule has 0 aliphatic rings. The Morgan fingerprint density at radius 2 is 0.615 bits per heavy atom. The van der Waals surface area contributed by atoms with Gasteiger partial charge in [-0.25, -0.2) is 0 Å². The molecule has 1 unspecified atom stereocenters. The lowest BCUT2D eigenvalue weighted by atomic mass is 10.1. The summed E-state index contributed by atoms with van der Waals surface area (Å²) < 4.78 is 16.8. The Kier molecular flexibility index (Phi) is 50.9. The molecule has 0 aliphatic carbocycles. The second-order valence-corrected chi connectivity index (χ2v) is 18.2. The predicted molar refractivity (Wildman–Crippen MR) is 279 cm³/mol. The summed E-state index contributed by atoms with van der Waals surface area (Å²) in [6.07, 6.45) is 67.4. The van der Waals surface area contributed by atoms with Crippen LogP contribution in [0.3, 0.4) is 0 Å². The molecule has 65 heavy (non-hydrogen) atoms. The minimum Gasteiger partial charge on any atom is -0.462 e. The zero-order valence-corrected chi connectivity index (χ0v) is 42.7. The number of esters is 3. The third-order valence-corrected chi connectivity index (χ3v) is 11.7. The van der Waals surface area contributed by atoms with Gasteiger partial charge in [0.25, 0.3) is 0 Å². The van der Waals surface area contributed by atoms with Gasteiger partial charge >= 0.3 is 17.9 Å². The first kappa shape index (κ1) is 61.9. The fourth-order valence-electron chi connectivity index (χ4n) is 7.50. The number of hydrogen-bond acceptors (Lipinski definition) is 6. The summed E-state index contributed by atoms with van der Waals surface area (Å²) in [5.74, 6) is -0.925. The van der Waals surface area contributed by atoms with Crippen molar-refractivity contribution in [1.29, 1.82) is 0 Å². The Balaban J connectivity index is 4.37. The highest BCUT2D eigenvalue weighted by Gasteiger charge is 2.19. The number of unbranched alkanes of at least 4 members (excludes halogenated alkanes) is 28. The van der Waals surface area contributed by atoms with E-state index >= 15 is 0 Å². The normalized spacial score (nSPS) is 12.6. The van der Waals surface area contributed by atoms with E-state index in [-0.39, 0.29) is 31.1 Å². The van der Waals surface area contributed by atoms with Crippen LogP contribution in [0.1, 0.15) is 265 Å². The van der Waals surface area contributed by atoms with E-state index in [1.54, 1.807) is 0 Å². The van der Waals surface area contributed by atoms with Crippen molar-refractivity contribution in [3.8, 4) is 0 Å². The summed E-state index contributed by atoms with van der Waals surface area (Å²) in [6.45, 7) is 6.51. The molecule has 0 heterocycles. The van der Waals surface area contributed by atoms with Gasteiger partial charge in [-0.05, 0) is 96.3 Å². The smallest absolute Gasteiger partial charge is 0.306 e. The lowest BCUT2D eigenvalue weighted by Gasteiger charge is -2.18. The lowest BCUT2D eigenvalue weighted by molar-refractivity contribution is -0.167. The fraction of sp³-hybridized carbons (Fsp3) is 0.746. The molecule has 0 saturated carbocycles. The van der Waals surface area contributed by atoms with Gasteiger partial charge in [0.1, 0.15) is 13.2 Å². The molecular formula is C59H102O6. The zero-order valence-electron chi connectivity index (χ0n) is 42.7. The first-order chi connectivity index (χ1) is 32.0. The van der Waals surface area contributed by atoms with E-state index in [1.165, 1.54) is 141 Å². The molecule has 0 spiro atoms. The molecule has 0 rings (SSSR count). The average molecular weight is 907 g/mol. The maximum absolute atomic E-state index is 12.8. The number of carbonyl (C=O) groups excluding carboxylic acids is 3. The van der Waals surface area contributed by atoms with Crippen molar-refractivity contribution in [3.63, 3.8) is 0 Å². The third kappa shape index (κ3) is 51.7. The Bertz CT molecular complexity index is 1230. The van der Waals surface area contributed by atoms with Crippen LogP contribution in [0.4, 0.5) is 0 Å². The van der Waals surface area contributed by atoms with Gasteiger partial charge in [-0.15, -0.1) is 0 Å². The largest absolute Gasteiger partial charge is 0.462 e. The highest BCUT2D eigenvalue weighted by molar-refractivity contribution is 5.71. The highest BCUT2D eigenvalue weighted by Crippen LogP contribution is 2.15. The Labute approximate surface area is 402 Å². The molecular weight excluding hydrogens is 805 g/mol. The molecule has 0 bridgehead atoms. The van der Waals surface area contributed by atoms with Gasteiger partial charge in [-0.3, -0.25) is 14.4 Å². The van der Waals surface area contributed by atoms with Crippen molar-refractivity contribution in [3.05, 3.63) is 72.9 Å². The molecule has 0 amide bonds. The van der Waals surface area contributed by atoms with Crippen LogP contribution in [0, 0.1) is 0 Å². The van der Waals surface area contributed by atoms with Gasteiger partial charge in [-0.2, -0.15) is 0 Å². The van der Waals surface area contributed by atoms with Gasteiger partial charge in [0.15, 0.2) is 6.10 Å². The first-order valence-corrected chi connectivity index (χ1v) is 27.5. The summed E-state index contributed by atoms with van der Waals surface area (Å²) in [6, 6.07) is 0. The SMILES string of the molecule is CCCC/C=C\C=C/CCCCCC(=O)OCC(COC(=O)CCCCCCCCCCCC/C=C\C=C/CCCCC)OC(=O)CCCCCCCCC/C=C\C/C=C\CCCCC. The third-order valence-electron chi connectivity index (χ3n) is 11.7. The van der Waals surface area contributed by atoms with Crippen LogP contribution in [0.15, 0.2) is 72.9 Å². The second kappa shape index (κ2) is 53.5. The van der Waals surface area contributed by atoms with Crippen LogP contribution < -0.4 is 0 Å². The van der Waals surface area contributed by atoms with E-state index in [2.05, 4.69) is 93.7 Å². The van der Waals surface area contributed by atoms with Crippen LogP contribution in [-0.4, -0.2) is 37.2 Å². The van der Waals surface area contributed by atoms with Crippen molar-refractivity contribution in [2.75, 3.05) is 13.2 Å². The maximum atomic E-state index is 12.8. The summed E-state index contributed by atoms with van der Waals surface area (Å²) in [4.78, 5) is 38.0. The highest BCUT2D eigenvalue weighted by atomic mass is 16.6. The van der Waals surface area contributed by atoms with E-state index in [0.29, 0.717) is 19.3 Å². The zero-order chi connectivity index (χ0) is 47.2. The number of carbonyl (C=O) groups is 3. The Hall–Kier alpha value is -3.15. The van der Waals surface area contributed by atoms with E-state index in [9.17, 15) is 14.4 Å². The quantitative estimate of drug-likeness (QED) is 0.0199. The van der Waals surface area contributed by atoms with Gasteiger partial charge in [0.05, 0.1) is 0 Å². The van der Waals surface area contributed by atoms with E-state index in [4.69, 9.17) is 14.2 Å². The fourth-order valence-corrected chi connectivity index (χ4v) is 7.50. The van der Waals surface area contributed by atoms with Crippen LogP contribution in [0.2, 0.25) is 0 Å². The molecule has 0 aromatic heterocycles. The van der Waals surface area contributed by atoms with Gasteiger partial charge in [0, 0.05) is 19.3 Å². The lowest BCUT2D eigenvalue weighted by Crippen LogP contribution is -2.30. The number of allylic oxidation sites excluding steroid dienone is 12. The van der Waals surface area contributed by atoms with Gasteiger partial charge in [-0.1, -0.05) is 222 Å². The first-order valence-electron chi connectivity index (χ1n) is 27.5. The molecule has 6 heteroatoms. The number of hydrogen-bond donors (Lipinski definition) is 0. The van der Waals surface area contributed by atoms with E-state index in [0.717, 1.165) is 83.5 Å². The van der Waals surface area contributed by atoms with Crippen molar-refractivity contribution in [2.24, 2.45) is 0 Å². The Morgan fingerprint density at radius 1 is 0.323 bits per heavy atom. The summed E-state index contributed by atoms with van der Waals surface area (Å²) in [5.41, 5.74) is 0. The molecule has 374 valence electrons. The molecule has 0 aromatic carbocycles. The molecule has 0 fully saturated rings. The minimum absolute atomic E-state index is 0.0888. The molecule has 1 atom stereocenters. The van der Waals surface area contributed by atoms with Crippen LogP contribution in [-0.2, 0) is 28.6 Å². The molecule has 6 nitrogen and oxygen atoms in total. The molecule has 0 N–H and O–H groups in total. The standard InChI is InChI=1S/C59H102O6/c1-4-7-10-13-16-19-22-24-26-28-29-31-32-34-37-40-43-46-49-52-58(61)64-55-56(54-63-57(60)51-48-45-42-39-36-21-18-15-12-9-6-3)65-59(62)53-50-47-44-41-38-35-33-30-27-25-23-20-17-14-11-8-5-2/h15-22,24-25,27,36,56H,4-14,23,26,28-35,37-55H2,1-3H3/b18-15-,19-16-,20-17-,24-22-,27-25-,36-21-. The predicted octanol–water partition coefficient (Wildman–Crippen LogP) is 18.2. The molecule has 0 aliphatic heterocycles. The summed E-state index contributed by atoms with van der Waals surface area (Å²) in [5, 5.41) is 0. The maximum Gasteiger partial charge on any atom is 0.306 e. The van der Waals surface area contributed by atoms with Crippen molar-refractivity contribution in [2.45, 2.75) is 271 Å². The van der Waals surface area contributed by atoms with Crippen LogP contribution >= 0.6 is 0 Å². The Morgan fingerprint density at radius 3 is 1.00 bits per heavy atom. The summed E-state index contributed by atoms with van der Waals surface area (Å²) in [7, 11) is 0. The van der Waals surface area contributed by atoms with Crippen LogP contribution in [0.5, 0.6) is 0 Å². The molecule has 0 aromatic rings. The van der Waals surface area contributed by atoms with Crippen molar-refractivity contribution >= 4 is 17.9 Å². The average Bonchev–Trinajstić information content (AvgIpc) is 3.30. The van der Waals surface area contributed by atoms with E-state index < -0.39 is 6.10 Å². The molecule has 0 radical (unpaired) electrons. The number of rotatable bonds is 49. The van der Waals surface area contributed by atoms with Gasteiger partial charge < -0.3 is 14.2 Å². The monoisotopic (exact) mass is 907 g/mol. The van der Waals surface area contributed by atoms with Crippen molar-refractivity contribution in [1.82, 2.24) is 0 Å². The minimum atomic E-state index is -0.791. The summed E-state index contributed by atoms with van der Waals surface area (Å²) >= 11 is 0. The second-order valence-electron chi connectivity index (χ2n) is 18.2. The van der Waals surface area contributed by atoms with Gasteiger partial charge in [0.2, 0.25) is 0 Å². The van der Waals surface area contributed by atoms with Crippen molar-refractivity contribution < 1.29 is 28.6 Å². The molecule has 0 saturated heterocycles. The topological polar surface area (TPSA) is 78.9 Å². The van der Waals surface area contributed by atoms with Crippen LogP contribution in [0.25, 0.3) is 0 Å².